The molecule has 0 unspecified atom stereocenters. The van der Waals surface area contributed by atoms with Crippen LogP contribution in [0.15, 0.2) is 54.9 Å². The minimum absolute atomic E-state index is 0.251. The number of carbonyl (C=O) groups excluding carboxylic acids is 1. The predicted molar refractivity (Wildman–Crippen MR) is 110 cm³/mol. The van der Waals surface area contributed by atoms with Gasteiger partial charge in [0.15, 0.2) is 0 Å². The molecule has 3 rings (SSSR count). The standard InChI is InChI=1S/C22H21N5O/c1-14(2)18-6-4-5-15(3)21(18)27-20-11-19(24-13-25-20)22(28)26-17-9-7-16(12-23)8-10-17/h4-11,13-14H,1-3H3,(H,26,28)(H,24,25,27). The van der Waals surface area contributed by atoms with Crippen LogP contribution in [0, 0.1) is 18.3 Å². The van der Waals surface area contributed by atoms with Crippen LogP contribution in [0.2, 0.25) is 0 Å². The van der Waals surface area contributed by atoms with Crippen LogP contribution < -0.4 is 10.6 Å². The van der Waals surface area contributed by atoms with Gasteiger partial charge >= 0.3 is 0 Å². The Bertz CT molecular complexity index is 1040. The number of rotatable bonds is 5. The maximum absolute atomic E-state index is 12.5. The molecule has 1 amide bonds. The molecular formula is C22H21N5O. The molecule has 0 aliphatic carbocycles. The Balaban J connectivity index is 1.81. The number of carbonyl (C=O) groups is 1. The summed E-state index contributed by atoms with van der Waals surface area (Å²) in [7, 11) is 0. The van der Waals surface area contributed by atoms with E-state index < -0.39 is 0 Å². The van der Waals surface area contributed by atoms with Gasteiger partial charge in [0.2, 0.25) is 0 Å². The summed E-state index contributed by atoms with van der Waals surface area (Å²) in [5.41, 5.74) is 4.66. The highest BCUT2D eigenvalue weighted by Gasteiger charge is 2.13. The van der Waals surface area contributed by atoms with Gasteiger partial charge in [-0.3, -0.25) is 4.79 Å². The third-order valence-electron chi connectivity index (χ3n) is 4.35. The molecule has 0 aliphatic heterocycles. The van der Waals surface area contributed by atoms with Crippen molar-refractivity contribution in [2.45, 2.75) is 26.7 Å². The lowest BCUT2D eigenvalue weighted by molar-refractivity contribution is 0.102. The van der Waals surface area contributed by atoms with Crippen LogP contribution in [0.25, 0.3) is 0 Å². The number of nitriles is 1. The molecule has 0 spiro atoms. The molecule has 0 saturated heterocycles. The topological polar surface area (TPSA) is 90.7 Å². The number of benzene rings is 2. The number of nitrogens with zero attached hydrogens (tertiary/aromatic N) is 3. The maximum Gasteiger partial charge on any atom is 0.274 e. The molecule has 2 N–H and O–H groups in total. The third kappa shape index (κ3) is 4.33. The van der Waals surface area contributed by atoms with E-state index in [4.69, 9.17) is 5.26 Å². The number of aromatic nitrogens is 2. The molecule has 0 aliphatic rings. The van der Waals surface area contributed by atoms with Gasteiger partial charge in [0.25, 0.3) is 5.91 Å². The van der Waals surface area contributed by atoms with Crippen LogP contribution in [0.5, 0.6) is 0 Å². The van der Waals surface area contributed by atoms with Crippen molar-refractivity contribution in [3.05, 3.63) is 77.2 Å². The van der Waals surface area contributed by atoms with E-state index in [1.54, 1.807) is 30.3 Å². The highest BCUT2D eigenvalue weighted by molar-refractivity contribution is 6.03. The Morgan fingerprint density at radius 2 is 1.86 bits per heavy atom. The van der Waals surface area contributed by atoms with Gasteiger partial charge in [0.05, 0.1) is 11.6 Å². The molecule has 0 fully saturated rings. The van der Waals surface area contributed by atoms with Crippen molar-refractivity contribution < 1.29 is 4.79 Å². The number of aryl methyl sites for hydroxylation is 1. The molecule has 1 heterocycles. The Labute approximate surface area is 164 Å². The summed E-state index contributed by atoms with van der Waals surface area (Å²) in [6, 6.07) is 16.5. The number of hydrogen-bond donors (Lipinski definition) is 2. The van der Waals surface area contributed by atoms with E-state index in [9.17, 15) is 4.79 Å². The van der Waals surface area contributed by atoms with Crippen molar-refractivity contribution in [2.75, 3.05) is 10.6 Å². The van der Waals surface area contributed by atoms with Crippen LogP contribution >= 0.6 is 0 Å². The van der Waals surface area contributed by atoms with Crippen molar-refractivity contribution >= 4 is 23.1 Å². The minimum atomic E-state index is -0.343. The number of nitrogens with one attached hydrogen (secondary N) is 2. The van der Waals surface area contributed by atoms with Crippen LogP contribution in [0.3, 0.4) is 0 Å². The summed E-state index contributed by atoms with van der Waals surface area (Å²) in [6.07, 6.45) is 1.36. The molecule has 0 radical (unpaired) electrons. The monoisotopic (exact) mass is 371 g/mol. The molecule has 0 bridgehead atoms. The second-order valence-electron chi connectivity index (χ2n) is 6.75. The van der Waals surface area contributed by atoms with Gasteiger partial charge in [-0.05, 0) is 48.2 Å². The molecule has 0 saturated carbocycles. The first-order valence-electron chi connectivity index (χ1n) is 8.98. The fourth-order valence-corrected chi connectivity index (χ4v) is 2.84. The fraction of sp³-hybridized carbons (Fsp3) is 0.182. The summed E-state index contributed by atoms with van der Waals surface area (Å²) < 4.78 is 0. The fourth-order valence-electron chi connectivity index (χ4n) is 2.84. The Morgan fingerprint density at radius 3 is 2.54 bits per heavy atom. The zero-order valence-electron chi connectivity index (χ0n) is 16.0. The third-order valence-corrected chi connectivity index (χ3v) is 4.35. The van der Waals surface area contributed by atoms with Gasteiger partial charge in [0.1, 0.15) is 17.8 Å². The maximum atomic E-state index is 12.5. The highest BCUT2D eigenvalue weighted by atomic mass is 16.1. The Kier molecular flexibility index (Phi) is 5.66. The lowest BCUT2D eigenvalue weighted by Crippen LogP contribution is -2.14. The number of anilines is 3. The Morgan fingerprint density at radius 1 is 1.11 bits per heavy atom. The first-order valence-corrected chi connectivity index (χ1v) is 8.98. The van der Waals surface area contributed by atoms with Crippen molar-refractivity contribution in [3.8, 4) is 6.07 Å². The molecular weight excluding hydrogens is 350 g/mol. The molecule has 0 atom stereocenters. The molecule has 3 aromatic rings. The average Bonchev–Trinajstić information content (AvgIpc) is 2.70. The average molecular weight is 371 g/mol. The second kappa shape index (κ2) is 8.31. The SMILES string of the molecule is Cc1cccc(C(C)C)c1Nc1cc(C(=O)Nc2ccc(C#N)cc2)ncn1. The molecule has 28 heavy (non-hydrogen) atoms. The van der Waals surface area contributed by atoms with E-state index in [-0.39, 0.29) is 11.6 Å². The number of para-hydroxylation sites is 1. The largest absolute Gasteiger partial charge is 0.340 e. The van der Waals surface area contributed by atoms with E-state index in [0.717, 1.165) is 11.3 Å². The first-order chi connectivity index (χ1) is 13.5. The second-order valence-corrected chi connectivity index (χ2v) is 6.75. The van der Waals surface area contributed by atoms with Crippen molar-refractivity contribution in [3.63, 3.8) is 0 Å². The Hall–Kier alpha value is -3.72. The predicted octanol–water partition coefficient (Wildman–Crippen LogP) is 4.78. The molecule has 1 aromatic heterocycles. The summed E-state index contributed by atoms with van der Waals surface area (Å²) >= 11 is 0. The van der Waals surface area contributed by atoms with E-state index in [2.05, 4.69) is 40.5 Å². The van der Waals surface area contributed by atoms with Gasteiger partial charge in [-0.15, -0.1) is 0 Å². The quantitative estimate of drug-likeness (QED) is 0.674. The van der Waals surface area contributed by atoms with Crippen molar-refractivity contribution in [1.82, 2.24) is 9.97 Å². The van der Waals surface area contributed by atoms with Gasteiger partial charge in [-0.1, -0.05) is 32.0 Å². The minimum Gasteiger partial charge on any atom is -0.340 e. The van der Waals surface area contributed by atoms with E-state index in [1.807, 2.05) is 25.1 Å². The van der Waals surface area contributed by atoms with E-state index >= 15 is 0 Å². The molecule has 6 nitrogen and oxygen atoms in total. The lowest BCUT2D eigenvalue weighted by atomic mass is 9.98. The zero-order chi connectivity index (χ0) is 20.1. The zero-order valence-corrected chi connectivity index (χ0v) is 16.0. The van der Waals surface area contributed by atoms with Crippen LogP contribution in [0.4, 0.5) is 17.2 Å². The van der Waals surface area contributed by atoms with Gasteiger partial charge < -0.3 is 10.6 Å². The van der Waals surface area contributed by atoms with E-state index in [1.165, 1.54) is 11.9 Å². The van der Waals surface area contributed by atoms with Crippen LogP contribution in [-0.4, -0.2) is 15.9 Å². The van der Waals surface area contributed by atoms with Gasteiger partial charge in [-0.25, -0.2) is 9.97 Å². The van der Waals surface area contributed by atoms with Crippen LogP contribution in [0.1, 0.15) is 46.9 Å². The summed E-state index contributed by atoms with van der Waals surface area (Å²) in [4.78, 5) is 20.8. The van der Waals surface area contributed by atoms with Gasteiger partial charge in [-0.2, -0.15) is 5.26 Å². The summed E-state index contributed by atoms with van der Waals surface area (Å²) in [6.45, 7) is 6.31. The number of hydrogen-bond acceptors (Lipinski definition) is 5. The normalized spacial score (nSPS) is 10.4. The highest BCUT2D eigenvalue weighted by Crippen LogP contribution is 2.29. The van der Waals surface area contributed by atoms with Gasteiger partial charge in [0, 0.05) is 17.4 Å². The molecule has 140 valence electrons. The van der Waals surface area contributed by atoms with Crippen molar-refractivity contribution in [1.29, 1.82) is 5.26 Å². The van der Waals surface area contributed by atoms with Crippen molar-refractivity contribution in [2.24, 2.45) is 0 Å². The molecule has 2 aromatic carbocycles. The van der Waals surface area contributed by atoms with Crippen LogP contribution in [-0.2, 0) is 0 Å². The lowest BCUT2D eigenvalue weighted by Gasteiger charge is -2.17. The van der Waals surface area contributed by atoms with E-state index in [0.29, 0.717) is 23.0 Å². The summed E-state index contributed by atoms with van der Waals surface area (Å²) in [5, 5.41) is 15.0. The number of amides is 1. The smallest absolute Gasteiger partial charge is 0.274 e. The summed E-state index contributed by atoms with van der Waals surface area (Å²) in [5.74, 6) is 0.559. The molecule has 6 heteroatoms. The first kappa shape index (κ1) is 19.1.